The summed E-state index contributed by atoms with van der Waals surface area (Å²) in [5, 5.41) is 0.649. The van der Waals surface area contributed by atoms with E-state index in [0.717, 1.165) is 26.1 Å². The molecule has 1 aliphatic rings. The van der Waals surface area contributed by atoms with E-state index < -0.39 is 0 Å². The molecule has 1 saturated heterocycles. The molecule has 0 amide bonds. The molecule has 0 aliphatic carbocycles. The van der Waals surface area contributed by atoms with Crippen LogP contribution in [-0.2, 0) is 9.53 Å². The maximum atomic E-state index is 11.3. The number of hydrogen-bond acceptors (Lipinski definition) is 3. The minimum atomic E-state index is 0.187. The van der Waals surface area contributed by atoms with E-state index >= 15 is 0 Å². The highest BCUT2D eigenvalue weighted by Crippen LogP contribution is 2.22. The Kier molecular flexibility index (Phi) is 4.81. The Morgan fingerprint density at radius 3 is 2.62 bits per heavy atom. The first-order valence-corrected chi connectivity index (χ1v) is 5.97. The van der Waals surface area contributed by atoms with Crippen LogP contribution in [-0.4, -0.2) is 30.0 Å². The molecule has 0 atom stereocenters. The normalized spacial score (nSPS) is 19.3. The summed E-state index contributed by atoms with van der Waals surface area (Å²) in [6, 6.07) is 0. The number of ketones is 1. The fourth-order valence-electron chi connectivity index (χ4n) is 1.21. The highest BCUT2D eigenvalue weighted by Gasteiger charge is 2.16. The summed E-state index contributed by atoms with van der Waals surface area (Å²) in [5.41, 5.74) is 0. The molecular weight excluding hydrogens is 184 g/mol. The first-order valence-electron chi connectivity index (χ1n) is 4.92. The van der Waals surface area contributed by atoms with Crippen LogP contribution in [0.1, 0.15) is 26.7 Å². The van der Waals surface area contributed by atoms with Crippen LogP contribution in [0, 0.1) is 5.92 Å². The lowest BCUT2D eigenvalue weighted by atomic mass is 10.1. The van der Waals surface area contributed by atoms with Crippen LogP contribution in [0.5, 0.6) is 0 Å². The molecule has 2 nitrogen and oxygen atoms in total. The molecule has 3 heteroatoms. The number of thioether (sulfide) groups is 1. The van der Waals surface area contributed by atoms with Crippen LogP contribution in [0.15, 0.2) is 0 Å². The molecular formula is C10H18O2S. The van der Waals surface area contributed by atoms with Gasteiger partial charge in [-0.05, 0) is 12.8 Å². The molecule has 0 aromatic carbocycles. The van der Waals surface area contributed by atoms with Gasteiger partial charge in [-0.25, -0.2) is 0 Å². The molecule has 76 valence electrons. The maximum Gasteiger partial charge on any atom is 0.145 e. The number of ether oxygens (including phenoxy) is 1. The second-order valence-electron chi connectivity index (χ2n) is 3.74. The lowest BCUT2D eigenvalue weighted by molar-refractivity contribution is -0.119. The second kappa shape index (κ2) is 5.66. The molecule has 1 aliphatic heterocycles. The molecule has 0 radical (unpaired) electrons. The summed E-state index contributed by atoms with van der Waals surface area (Å²) >= 11 is 1.80. The average Bonchev–Trinajstić information content (AvgIpc) is 2.15. The number of Topliss-reactive ketones (excluding diaryl/α,β-unsaturated/α-hetero) is 1. The van der Waals surface area contributed by atoms with Crippen LogP contribution in [0.3, 0.4) is 0 Å². The molecule has 0 aromatic rings. The summed E-state index contributed by atoms with van der Waals surface area (Å²) in [4.78, 5) is 11.3. The minimum absolute atomic E-state index is 0.187. The van der Waals surface area contributed by atoms with E-state index in [4.69, 9.17) is 4.74 Å². The third-order valence-electron chi connectivity index (χ3n) is 2.27. The highest BCUT2D eigenvalue weighted by molar-refractivity contribution is 8.00. The Bertz CT molecular complexity index is 162. The van der Waals surface area contributed by atoms with Gasteiger partial charge in [0.2, 0.25) is 0 Å². The van der Waals surface area contributed by atoms with E-state index in [2.05, 4.69) is 0 Å². The van der Waals surface area contributed by atoms with Gasteiger partial charge in [0.05, 0.1) is 5.75 Å². The van der Waals surface area contributed by atoms with Gasteiger partial charge in [-0.2, -0.15) is 11.8 Å². The molecule has 1 heterocycles. The smallest absolute Gasteiger partial charge is 0.145 e. The van der Waals surface area contributed by atoms with E-state index in [1.54, 1.807) is 11.8 Å². The first-order chi connectivity index (χ1) is 6.20. The van der Waals surface area contributed by atoms with E-state index in [1.165, 1.54) is 0 Å². The van der Waals surface area contributed by atoms with Gasteiger partial charge < -0.3 is 4.74 Å². The molecule has 0 unspecified atom stereocenters. The topological polar surface area (TPSA) is 26.3 Å². The van der Waals surface area contributed by atoms with Gasteiger partial charge in [0.15, 0.2) is 0 Å². The van der Waals surface area contributed by atoms with Crippen molar-refractivity contribution in [1.29, 1.82) is 0 Å². The van der Waals surface area contributed by atoms with Crippen LogP contribution in [0.2, 0.25) is 0 Å². The van der Waals surface area contributed by atoms with Gasteiger partial charge in [0.1, 0.15) is 5.78 Å². The second-order valence-corrected chi connectivity index (χ2v) is 5.03. The van der Waals surface area contributed by atoms with Crippen molar-refractivity contribution < 1.29 is 9.53 Å². The summed E-state index contributed by atoms with van der Waals surface area (Å²) in [5.74, 6) is 1.24. The summed E-state index contributed by atoms with van der Waals surface area (Å²) in [6.07, 6.45) is 2.21. The SMILES string of the molecule is CC(C)C(=O)CSC1CCOCC1. The largest absolute Gasteiger partial charge is 0.381 e. The van der Waals surface area contributed by atoms with Crippen molar-refractivity contribution in [3.05, 3.63) is 0 Å². The summed E-state index contributed by atoms with van der Waals surface area (Å²) < 4.78 is 5.26. The predicted molar refractivity (Wildman–Crippen MR) is 56.1 cm³/mol. The Morgan fingerprint density at radius 1 is 1.46 bits per heavy atom. The van der Waals surface area contributed by atoms with Gasteiger partial charge in [0.25, 0.3) is 0 Å². The van der Waals surface area contributed by atoms with Gasteiger partial charge >= 0.3 is 0 Å². The number of rotatable bonds is 4. The van der Waals surface area contributed by atoms with E-state index in [-0.39, 0.29) is 5.92 Å². The van der Waals surface area contributed by atoms with Crippen molar-refractivity contribution in [3.8, 4) is 0 Å². The molecule has 0 spiro atoms. The Hall–Kier alpha value is -0.0200. The van der Waals surface area contributed by atoms with E-state index in [9.17, 15) is 4.79 Å². The minimum Gasteiger partial charge on any atom is -0.381 e. The highest BCUT2D eigenvalue weighted by atomic mass is 32.2. The Balaban J connectivity index is 2.13. The molecule has 0 saturated carbocycles. The number of carbonyl (C=O) groups is 1. The monoisotopic (exact) mass is 202 g/mol. The van der Waals surface area contributed by atoms with Crippen LogP contribution >= 0.6 is 11.8 Å². The zero-order valence-corrected chi connectivity index (χ0v) is 9.23. The van der Waals surface area contributed by atoms with Gasteiger partial charge in [-0.15, -0.1) is 0 Å². The molecule has 13 heavy (non-hydrogen) atoms. The fraction of sp³-hybridized carbons (Fsp3) is 0.900. The quantitative estimate of drug-likeness (QED) is 0.698. The van der Waals surface area contributed by atoms with Crippen molar-refractivity contribution in [2.45, 2.75) is 31.9 Å². The van der Waals surface area contributed by atoms with Crippen molar-refractivity contribution in [3.63, 3.8) is 0 Å². The Morgan fingerprint density at radius 2 is 2.08 bits per heavy atom. The number of carbonyl (C=O) groups excluding carboxylic acids is 1. The zero-order chi connectivity index (χ0) is 9.68. The van der Waals surface area contributed by atoms with Crippen molar-refractivity contribution in [1.82, 2.24) is 0 Å². The van der Waals surface area contributed by atoms with Crippen LogP contribution in [0.4, 0.5) is 0 Å². The average molecular weight is 202 g/mol. The third-order valence-corrected chi connectivity index (χ3v) is 3.67. The number of hydrogen-bond donors (Lipinski definition) is 0. The molecule has 0 N–H and O–H groups in total. The van der Waals surface area contributed by atoms with Gasteiger partial charge in [-0.3, -0.25) is 4.79 Å². The first kappa shape index (κ1) is 11.1. The summed E-state index contributed by atoms with van der Waals surface area (Å²) in [6.45, 7) is 5.67. The fourth-order valence-corrected chi connectivity index (χ4v) is 2.47. The van der Waals surface area contributed by atoms with Crippen molar-refractivity contribution in [2.75, 3.05) is 19.0 Å². The van der Waals surface area contributed by atoms with Crippen LogP contribution < -0.4 is 0 Å². The molecule has 1 rings (SSSR count). The van der Waals surface area contributed by atoms with Gasteiger partial charge in [-0.1, -0.05) is 13.8 Å². The van der Waals surface area contributed by atoms with Gasteiger partial charge in [0, 0.05) is 24.4 Å². The van der Waals surface area contributed by atoms with E-state index in [1.807, 2.05) is 13.8 Å². The zero-order valence-electron chi connectivity index (χ0n) is 8.41. The molecule has 1 fully saturated rings. The molecule has 0 aromatic heterocycles. The summed E-state index contributed by atoms with van der Waals surface area (Å²) in [7, 11) is 0. The van der Waals surface area contributed by atoms with E-state index in [0.29, 0.717) is 16.8 Å². The lowest BCUT2D eigenvalue weighted by Crippen LogP contribution is -2.20. The standard InChI is InChI=1S/C10H18O2S/c1-8(2)10(11)7-13-9-3-5-12-6-4-9/h8-9H,3-7H2,1-2H3. The Labute approximate surface area is 84.4 Å². The predicted octanol–water partition coefficient (Wildman–Crippen LogP) is 2.12. The molecule has 0 bridgehead atoms. The van der Waals surface area contributed by atoms with Crippen molar-refractivity contribution >= 4 is 17.5 Å². The maximum absolute atomic E-state index is 11.3. The van der Waals surface area contributed by atoms with Crippen LogP contribution in [0.25, 0.3) is 0 Å². The lowest BCUT2D eigenvalue weighted by Gasteiger charge is -2.21. The van der Waals surface area contributed by atoms with Crippen molar-refractivity contribution in [2.24, 2.45) is 5.92 Å². The third kappa shape index (κ3) is 4.14.